The van der Waals surface area contributed by atoms with Gasteiger partial charge in [-0.3, -0.25) is 9.58 Å². The summed E-state index contributed by atoms with van der Waals surface area (Å²) >= 11 is 0. The normalized spacial score (nSPS) is 18.6. The molecule has 0 radical (unpaired) electrons. The quantitative estimate of drug-likeness (QED) is 0.741. The molecule has 3 heterocycles. The molecule has 1 aliphatic rings. The van der Waals surface area contributed by atoms with Crippen molar-refractivity contribution in [2.75, 3.05) is 13.1 Å². The molecule has 0 aliphatic carbocycles. The molecule has 1 aliphatic heterocycles. The van der Waals surface area contributed by atoms with Crippen molar-refractivity contribution in [3.05, 3.63) is 54.2 Å². The van der Waals surface area contributed by atoms with E-state index >= 15 is 0 Å². The van der Waals surface area contributed by atoms with Crippen LogP contribution in [0.4, 0.5) is 0 Å². The van der Waals surface area contributed by atoms with Gasteiger partial charge in [-0.15, -0.1) is 0 Å². The molecule has 1 fully saturated rings. The first kappa shape index (κ1) is 14.1. The Morgan fingerprint density at radius 3 is 2.91 bits per heavy atom. The van der Waals surface area contributed by atoms with Crippen LogP contribution in [0.2, 0.25) is 0 Å². The molecule has 0 bridgehead atoms. The van der Waals surface area contributed by atoms with E-state index in [-0.39, 0.29) is 0 Å². The van der Waals surface area contributed by atoms with Gasteiger partial charge >= 0.3 is 0 Å². The van der Waals surface area contributed by atoms with Gasteiger partial charge in [-0.1, -0.05) is 35.5 Å². The minimum Gasteiger partial charge on any atom is -0.339 e. The summed E-state index contributed by atoms with van der Waals surface area (Å²) in [6.07, 6.45) is 5.04. The van der Waals surface area contributed by atoms with Crippen LogP contribution >= 0.6 is 0 Å². The molecule has 1 atom stereocenters. The van der Waals surface area contributed by atoms with E-state index < -0.39 is 0 Å². The molecule has 6 heteroatoms. The van der Waals surface area contributed by atoms with E-state index in [1.54, 1.807) is 0 Å². The third kappa shape index (κ3) is 3.03. The van der Waals surface area contributed by atoms with Gasteiger partial charge in [-0.05, 0) is 13.0 Å². The molecular formula is C17H19N5O. The summed E-state index contributed by atoms with van der Waals surface area (Å²) in [7, 11) is 1.94. The molecule has 0 unspecified atom stereocenters. The Bertz CT molecular complexity index is 779. The van der Waals surface area contributed by atoms with Crippen LogP contribution in [0.1, 0.15) is 23.8 Å². The molecule has 6 nitrogen and oxygen atoms in total. The second-order valence-electron chi connectivity index (χ2n) is 6.07. The Labute approximate surface area is 134 Å². The number of nitrogens with zero attached hydrogens (tertiary/aromatic N) is 5. The number of likely N-dealkylation sites (tertiary alicyclic amines) is 1. The van der Waals surface area contributed by atoms with E-state index in [2.05, 4.69) is 26.3 Å². The van der Waals surface area contributed by atoms with Crippen LogP contribution in [0.3, 0.4) is 0 Å². The third-order valence-electron chi connectivity index (χ3n) is 4.26. The highest BCUT2D eigenvalue weighted by molar-refractivity contribution is 5.53. The van der Waals surface area contributed by atoms with Crippen LogP contribution in [0.25, 0.3) is 11.4 Å². The van der Waals surface area contributed by atoms with E-state index in [4.69, 9.17) is 4.52 Å². The maximum Gasteiger partial charge on any atom is 0.231 e. The standard InChI is InChI=1S/C17H19N5O/c1-21-10-13(9-18-21)11-22-8-7-15(12-22)17-19-16(20-23-17)14-5-3-2-4-6-14/h2-6,9-10,15H,7-8,11-12H2,1H3/t15-/m1/s1. The zero-order valence-electron chi connectivity index (χ0n) is 13.1. The first-order chi connectivity index (χ1) is 11.3. The second kappa shape index (κ2) is 5.96. The van der Waals surface area contributed by atoms with E-state index in [0.717, 1.165) is 37.5 Å². The fourth-order valence-electron chi connectivity index (χ4n) is 3.10. The molecule has 0 saturated carbocycles. The average Bonchev–Trinajstić information content (AvgIpc) is 3.29. The van der Waals surface area contributed by atoms with Crippen molar-refractivity contribution >= 4 is 0 Å². The van der Waals surface area contributed by atoms with E-state index in [1.165, 1.54) is 5.56 Å². The van der Waals surface area contributed by atoms with E-state index in [9.17, 15) is 0 Å². The van der Waals surface area contributed by atoms with Crippen molar-refractivity contribution < 1.29 is 4.52 Å². The first-order valence-electron chi connectivity index (χ1n) is 7.87. The van der Waals surface area contributed by atoms with Gasteiger partial charge in [0.1, 0.15) is 0 Å². The largest absolute Gasteiger partial charge is 0.339 e. The van der Waals surface area contributed by atoms with Crippen LogP contribution in [0, 0.1) is 0 Å². The van der Waals surface area contributed by atoms with Gasteiger partial charge in [0.2, 0.25) is 11.7 Å². The summed E-state index contributed by atoms with van der Waals surface area (Å²) in [5, 5.41) is 8.35. The molecule has 0 N–H and O–H groups in total. The van der Waals surface area contributed by atoms with Crippen molar-refractivity contribution in [3.8, 4) is 11.4 Å². The van der Waals surface area contributed by atoms with Crippen molar-refractivity contribution in [2.45, 2.75) is 18.9 Å². The number of hydrogen-bond donors (Lipinski definition) is 0. The van der Waals surface area contributed by atoms with Crippen LogP contribution in [0.5, 0.6) is 0 Å². The van der Waals surface area contributed by atoms with Crippen molar-refractivity contribution in [3.63, 3.8) is 0 Å². The first-order valence-corrected chi connectivity index (χ1v) is 7.87. The molecule has 0 amide bonds. The Morgan fingerprint density at radius 2 is 2.13 bits per heavy atom. The molecule has 1 aromatic carbocycles. The van der Waals surface area contributed by atoms with Crippen LogP contribution in [-0.2, 0) is 13.6 Å². The van der Waals surface area contributed by atoms with Gasteiger partial charge in [0.25, 0.3) is 0 Å². The monoisotopic (exact) mass is 309 g/mol. The van der Waals surface area contributed by atoms with E-state index in [1.807, 2.05) is 48.3 Å². The molecule has 118 valence electrons. The second-order valence-corrected chi connectivity index (χ2v) is 6.07. The summed E-state index contributed by atoms with van der Waals surface area (Å²) in [4.78, 5) is 7.00. The minimum atomic E-state index is 0.316. The molecule has 0 spiro atoms. The number of benzene rings is 1. The lowest BCUT2D eigenvalue weighted by atomic mass is 10.1. The van der Waals surface area contributed by atoms with Crippen LogP contribution in [-0.4, -0.2) is 37.9 Å². The van der Waals surface area contributed by atoms with E-state index in [0.29, 0.717) is 11.7 Å². The maximum atomic E-state index is 5.50. The van der Waals surface area contributed by atoms with Gasteiger partial charge in [-0.25, -0.2) is 0 Å². The highest BCUT2D eigenvalue weighted by Gasteiger charge is 2.28. The molecule has 3 aromatic rings. The maximum absolute atomic E-state index is 5.50. The van der Waals surface area contributed by atoms with Crippen molar-refractivity contribution in [1.29, 1.82) is 0 Å². The third-order valence-corrected chi connectivity index (χ3v) is 4.26. The molecule has 4 rings (SSSR count). The fraction of sp³-hybridized carbons (Fsp3) is 0.353. The Balaban J connectivity index is 1.43. The predicted octanol–water partition coefficient (Wildman–Crippen LogP) is 2.46. The lowest BCUT2D eigenvalue weighted by Gasteiger charge is -2.13. The lowest BCUT2D eigenvalue weighted by Crippen LogP contribution is -2.19. The summed E-state index contributed by atoms with van der Waals surface area (Å²) in [5.41, 5.74) is 2.23. The molecule has 1 saturated heterocycles. The Hall–Kier alpha value is -2.47. The SMILES string of the molecule is Cn1cc(CN2CC[C@@H](c3nc(-c4ccccc4)no3)C2)cn1. The summed E-state index contributed by atoms with van der Waals surface area (Å²) in [5.74, 6) is 1.74. The van der Waals surface area contributed by atoms with Crippen molar-refractivity contribution in [1.82, 2.24) is 24.8 Å². The number of rotatable bonds is 4. The van der Waals surface area contributed by atoms with Gasteiger partial charge in [0.05, 0.1) is 12.1 Å². The molecule has 2 aromatic heterocycles. The summed E-state index contributed by atoms with van der Waals surface area (Å²) in [6, 6.07) is 9.95. The Morgan fingerprint density at radius 1 is 1.26 bits per heavy atom. The zero-order chi connectivity index (χ0) is 15.6. The number of aryl methyl sites for hydroxylation is 1. The zero-order valence-corrected chi connectivity index (χ0v) is 13.1. The van der Waals surface area contributed by atoms with Gasteiger partial charge in [0, 0.05) is 37.5 Å². The smallest absolute Gasteiger partial charge is 0.231 e. The number of hydrogen-bond acceptors (Lipinski definition) is 5. The van der Waals surface area contributed by atoms with Gasteiger partial charge in [-0.2, -0.15) is 10.1 Å². The number of aromatic nitrogens is 4. The lowest BCUT2D eigenvalue weighted by molar-refractivity contribution is 0.309. The predicted molar refractivity (Wildman–Crippen MR) is 85.6 cm³/mol. The average molecular weight is 309 g/mol. The van der Waals surface area contributed by atoms with Crippen LogP contribution in [0.15, 0.2) is 47.2 Å². The van der Waals surface area contributed by atoms with Gasteiger partial charge < -0.3 is 4.52 Å². The Kier molecular flexibility index (Phi) is 3.67. The summed E-state index contributed by atoms with van der Waals surface area (Å²) in [6.45, 7) is 2.91. The highest BCUT2D eigenvalue weighted by Crippen LogP contribution is 2.28. The molecular weight excluding hydrogens is 290 g/mol. The van der Waals surface area contributed by atoms with Gasteiger partial charge in [0.15, 0.2) is 0 Å². The minimum absolute atomic E-state index is 0.316. The van der Waals surface area contributed by atoms with Crippen LogP contribution < -0.4 is 0 Å². The van der Waals surface area contributed by atoms with Crippen molar-refractivity contribution in [2.24, 2.45) is 7.05 Å². The summed E-state index contributed by atoms with van der Waals surface area (Å²) < 4.78 is 7.34. The molecule has 23 heavy (non-hydrogen) atoms. The topological polar surface area (TPSA) is 60.0 Å². The fourth-order valence-corrected chi connectivity index (χ4v) is 3.10. The highest BCUT2D eigenvalue weighted by atomic mass is 16.5.